The Bertz CT molecular complexity index is 614. The van der Waals surface area contributed by atoms with Gasteiger partial charge in [0.2, 0.25) is 0 Å². The van der Waals surface area contributed by atoms with Crippen molar-refractivity contribution in [2.45, 2.75) is 26.2 Å². The molecule has 0 atom stereocenters. The lowest BCUT2D eigenvalue weighted by molar-refractivity contribution is 0.252. The number of anilines is 1. The van der Waals surface area contributed by atoms with Crippen LogP contribution in [0.1, 0.15) is 24.0 Å². The third-order valence-electron chi connectivity index (χ3n) is 3.47. The molecule has 2 aromatic carbocycles. The Labute approximate surface area is 136 Å². The van der Waals surface area contributed by atoms with Gasteiger partial charge in [-0.2, -0.15) is 0 Å². The molecule has 0 saturated heterocycles. The van der Waals surface area contributed by atoms with Crippen LogP contribution in [-0.2, 0) is 6.42 Å². The monoisotopic (exact) mass is 316 g/mol. The van der Waals surface area contributed by atoms with Crippen molar-refractivity contribution in [1.29, 1.82) is 0 Å². The average molecular weight is 317 g/mol. The highest BCUT2D eigenvalue weighted by Gasteiger charge is 2.04. The molecule has 2 amide bonds. The zero-order valence-electron chi connectivity index (χ0n) is 12.7. The van der Waals surface area contributed by atoms with E-state index in [0.29, 0.717) is 11.6 Å². The molecule has 0 aliphatic rings. The first-order chi connectivity index (χ1) is 10.6. The topological polar surface area (TPSA) is 41.1 Å². The van der Waals surface area contributed by atoms with Gasteiger partial charge in [0.05, 0.1) is 0 Å². The first-order valence-corrected chi connectivity index (χ1v) is 7.88. The van der Waals surface area contributed by atoms with Crippen LogP contribution in [0.2, 0.25) is 5.02 Å². The minimum Gasteiger partial charge on any atom is -0.338 e. The predicted molar refractivity (Wildman–Crippen MR) is 92.6 cm³/mol. The molecular weight excluding hydrogens is 296 g/mol. The normalized spacial score (nSPS) is 10.3. The lowest BCUT2D eigenvalue weighted by Crippen LogP contribution is -2.29. The van der Waals surface area contributed by atoms with Gasteiger partial charge < -0.3 is 10.6 Å². The van der Waals surface area contributed by atoms with Crippen LogP contribution >= 0.6 is 11.6 Å². The van der Waals surface area contributed by atoms with Crippen LogP contribution in [0.3, 0.4) is 0 Å². The second-order valence-electron chi connectivity index (χ2n) is 5.28. The molecule has 0 heterocycles. The zero-order valence-corrected chi connectivity index (χ0v) is 13.5. The van der Waals surface area contributed by atoms with E-state index in [9.17, 15) is 4.79 Å². The summed E-state index contributed by atoms with van der Waals surface area (Å²) < 4.78 is 0. The molecule has 0 radical (unpaired) electrons. The van der Waals surface area contributed by atoms with Crippen molar-refractivity contribution in [3.63, 3.8) is 0 Å². The van der Waals surface area contributed by atoms with Gasteiger partial charge in [-0.05, 0) is 49.4 Å². The third kappa shape index (κ3) is 5.41. The second-order valence-corrected chi connectivity index (χ2v) is 5.72. The maximum atomic E-state index is 11.8. The van der Waals surface area contributed by atoms with Crippen LogP contribution in [-0.4, -0.2) is 12.6 Å². The molecule has 0 bridgehead atoms. The van der Waals surface area contributed by atoms with E-state index in [0.717, 1.165) is 30.5 Å². The lowest BCUT2D eigenvalue weighted by Gasteiger charge is -2.10. The fourth-order valence-corrected chi connectivity index (χ4v) is 2.37. The molecule has 0 saturated carbocycles. The van der Waals surface area contributed by atoms with Crippen molar-refractivity contribution < 1.29 is 4.79 Å². The summed E-state index contributed by atoms with van der Waals surface area (Å²) in [5.74, 6) is 0. The number of rotatable bonds is 6. The summed E-state index contributed by atoms with van der Waals surface area (Å²) >= 11 is 5.93. The molecule has 22 heavy (non-hydrogen) atoms. The zero-order chi connectivity index (χ0) is 15.8. The fraction of sp³-hybridized carbons (Fsp3) is 0.278. The highest BCUT2D eigenvalue weighted by Crippen LogP contribution is 2.19. The van der Waals surface area contributed by atoms with Gasteiger partial charge in [0.25, 0.3) is 0 Å². The quantitative estimate of drug-likeness (QED) is 0.739. The molecule has 0 aliphatic heterocycles. The Morgan fingerprint density at radius 2 is 1.86 bits per heavy atom. The molecular formula is C18H21ClN2O. The van der Waals surface area contributed by atoms with Crippen LogP contribution in [0.5, 0.6) is 0 Å². The number of nitrogens with one attached hydrogen (secondary N) is 2. The van der Waals surface area contributed by atoms with Gasteiger partial charge in [0.15, 0.2) is 0 Å². The molecule has 0 unspecified atom stereocenters. The summed E-state index contributed by atoms with van der Waals surface area (Å²) in [6.07, 6.45) is 3.05. The highest BCUT2D eigenvalue weighted by molar-refractivity contribution is 6.31. The molecule has 0 fully saturated rings. The van der Waals surface area contributed by atoms with Gasteiger partial charge in [-0.1, -0.05) is 48.0 Å². The van der Waals surface area contributed by atoms with E-state index in [-0.39, 0.29) is 6.03 Å². The lowest BCUT2D eigenvalue weighted by atomic mass is 10.1. The minimum atomic E-state index is -0.190. The van der Waals surface area contributed by atoms with E-state index < -0.39 is 0 Å². The van der Waals surface area contributed by atoms with Gasteiger partial charge >= 0.3 is 6.03 Å². The van der Waals surface area contributed by atoms with Crippen LogP contribution in [0.4, 0.5) is 10.5 Å². The summed E-state index contributed by atoms with van der Waals surface area (Å²) in [7, 11) is 0. The van der Waals surface area contributed by atoms with E-state index in [4.69, 9.17) is 11.6 Å². The number of carbonyl (C=O) groups is 1. The van der Waals surface area contributed by atoms with Crippen LogP contribution in [0.15, 0.2) is 48.5 Å². The van der Waals surface area contributed by atoms with Gasteiger partial charge in [-0.25, -0.2) is 4.79 Å². The van der Waals surface area contributed by atoms with E-state index in [2.05, 4.69) is 22.8 Å². The Kier molecular flexibility index (Phi) is 6.28. The number of carbonyl (C=O) groups excluding carboxylic acids is 1. The molecule has 2 N–H and O–H groups in total. The summed E-state index contributed by atoms with van der Waals surface area (Å²) in [6.45, 7) is 2.60. The molecule has 116 valence electrons. The summed E-state index contributed by atoms with van der Waals surface area (Å²) in [4.78, 5) is 11.8. The first-order valence-electron chi connectivity index (χ1n) is 7.50. The van der Waals surface area contributed by atoms with Crippen molar-refractivity contribution in [2.75, 3.05) is 11.9 Å². The minimum absolute atomic E-state index is 0.190. The Morgan fingerprint density at radius 3 is 2.64 bits per heavy atom. The summed E-state index contributed by atoms with van der Waals surface area (Å²) in [5.41, 5.74) is 3.07. The van der Waals surface area contributed by atoms with Crippen molar-refractivity contribution in [3.8, 4) is 0 Å². The molecule has 0 aliphatic carbocycles. The highest BCUT2D eigenvalue weighted by atomic mass is 35.5. The third-order valence-corrected chi connectivity index (χ3v) is 3.70. The molecule has 2 rings (SSSR count). The van der Waals surface area contributed by atoms with Crippen LogP contribution in [0, 0.1) is 6.92 Å². The van der Waals surface area contributed by atoms with Gasteiger partial charge in [-0.15, -0.1) is 0 Å². The van der Waals surface area contributed by atoms with E-state index >= 15 is 0 Å². The number of urea groups is 1. The molecule has 0 aromatic heterocycles. The smallest absolute Gasteiger partial charge is 0.319 e. The number of benzene rings is 2. The van der Waals surface area contributed by atoms with E-state index in [1.54, 1.807) is 6.07 Å². The molecule has 0 spiro atoms. The number of hydrogen-bond donors (Lipinski definition) is 2. The Morgan fingerprint density at radius 1 is 1.09 bits per heavy atom. The molecule has 2 aromatic rings. The maximum absolute atomic E-state index is 11.8. The van der Waals surface area contributed by atoms with Crippen LogP contribution in [0.25, 0.3) is 0 Å². The van der Waals surface area contributed by atoms with Gasteiger partial charge in [-0.3, -0.25) is 0 Å². The maximum Gasteiger partial charge on any atom is 0.319 e. The van der Waals surface area contributed by atoms with Crippen molar-refractivity contribution in [2.24, 2.45) is 0 Å². The van der Waals surface area contributed by atoms with Crippen molar-refractivity contribution >= 4 is 23.3 Å². The average Bonchev–Trinajstić information content (AvgIpc) is 2.51. The van der Waals surface area contributed by atoms with Crippen molar-refractivity contribution in [1.82, 2.24) is 5.32 Å². The number of halogens is 1. The van der Waals surface area contributed by atoms with E-state index in [1.807, 2.05) is 37.3 Å². The Balaban J connectivity index is 1.66. The number of hydrogen-bond acceptors (Lipinski definition) is 1. The SMILES string of the molecule is Cc1ccc(Cl)cc1NC(=O)NCCCCc1ccccc1. The summed E-state index contributed by atoms with van der Waals surface area (Å²) in [5, 5.41) is 6.31. The second kappa shape index (κ2) is 8.44. The largest absolute Gasteiger partial charge is 0.338 e. The number of amides is 2. The van der Waals surface area contributed by atoms with E-state index in [1.165, 1.54) is 5.56 Å². The van der Waals surface area contributed by atoms with Crippen molar-refractivity contribution in [3.05, 3.63) is 64.7 Å². The van der Waals surface area contributed by atoms with Gasteiger partial charge in [0, 0.05) is 17.3 Å². The summed E-state index contributed by atoms with van der Waals surface area (Å²) in [6, 6.07) is 15.6. The standard InChI is InChI=1S/C18H21ClN2O/c1-14-10-11-16(19)13-17(14)21-18(22)20-12-6-5-9-15-7-3-2-4-8-15/h2-4,7-8,10-11,13H,5-6,9,12H2,1H3,(H2,20,21,22). The Hall–Kier alpha value is -2.00. The first kappa shape index (κ1) is 16.4. The fourth-order valence-electron chi connectivity index (χ4n) is 2.20. The van der Waals surface area contributed by atoms with Gasteiger partial charge in [0.1, 0.15) is 0 Å². The molecule has 3 nitrogen and oxygen atoms in total. The number of aryl methyl sites for hydroxylation is 2. The number of unbranched alkanes of at least 4 members (excludes halogenated alkanes) is 1. The predicted octanol–water partition coefficient (Wildman–Crippen LogP) is 4.79. The molecule has 4 heteroatoms. The van der Waals surface area contributed by atoms with Crippen LogP contribution < -0.4 is 10.6 Å².